The van der Waals surface area contributed by atoms with Gasteiger partial charge in [-0.1, -0.05) is 29.8 Å². The van der Waals surface area contributed by atoms with Crippen LogP contribution in [-0.4, -0.2) is 74.2 Å². The Labute approximate surface area is 156 Å². The summed E-state index contributed by atoms with van der Waals surface area (Å²) in [6, 6.07) is 7.60. The number of carbonyl (C=O) groups excluding carboxylic acids is 1. The van der Waals surface area contributed by atoms with E-state index in [4.69, 9.17) is 0 Å². The quantitative estimate of drug-likeness (QED) is 0.751. The Morgan fingerprint density at radius 1 is 0.962 bits per heavy atom. The fourth-order valence-electron chi connectivity index (χ4n) is 3.62. The maximum Gasteiger partial charge on any atom is 0.223 e. The van der Waals surface area contributed by atoms with Crippen molar-refractivity contribution in [2.75, 3.05) is 45.8 Å². The van der Waals surface area contributed by atoms with E-state index in [9.17, 15) is 13.2 Å². The normalized spacial score (nSPS) is 19.8. The molecule has 1 aromatic rings. The van der Waals surface area contributed by atoms with Gasteiger partial charge in [0.25, 0.3) is 0 Å². The van der Waals surface area contributed by atoms with Crippen molar-refractivity contribution >= 4 is 15.9 Å². The van der Waals surface area contributed by atoms with Crippen LogP contribution < -0.4 is 0 Å². The van der Waals surface area contributed by atoms with Gasteiger partial charge in [0.05, 0.1) is 5.75 Å². The second-order valence-corrected chi connectivity index (χ2v) is 9.29. The zero-order chi connectivity index (χ0) is 18.6. The van der Waals surface area contributed by atoms with E-state index in [-0.39, 0.29) is 11.7 Å². The molecule has 2 saturated heterocycles. The van der Waals surface area contributed by atoms with Gasteiger partial charge >= 0.3 is 0 Å². The zero-order valence-electron chi connectivity index (χ0n) is 15.6. The Morgan fingerprint density at radius 3 is 2.19 bits per heavy atom. The maximum absolute atomic E-state index is 12.6. The van der Waals surface area contributed by atoms with Crippen molar-refractivity contribution in [2.45, 2.75) is 31.9 Å². The number of nitrogens with zero attached hydrogens (tertiary/aromatic N) is 3. The van der Waals surface area contributed by atoms with Gasteiger partial charge in [-0.15, -0.1) is 0 Å². The summed E-state index contributed by atoms with van der Waals surface area (Å²) < 4.78 is 26.8. The van der Waals surface area contributed by atoms with Gasteiger partial charge < -0.3 is 9.80 Å². The zero-order valence-corrected chi connectivity index (χ0v) is 16.4. The Hall–Kier alpha value is -1.44. The van der Waals surface area contributed by atoms with Crippen molar-refractivity contribution < 1.29 is 13.2 Å². The molecule has 2 fully saturated rings. The Kier molecular flexibility index (Phi) is 6.32. The average molecular weight is 380 g/mol. The third kappa shape index (κ3) is 5.05. The van der Waals surface area contributed by atoms with Crippen LogP contribution in [0.25, 0.3) is 0 Å². The molecular formula is C19H29N3O3S. The summed E-state index contributed by atoms with van der Waals surface area (Å²) in [5.41, 5.74) is 1.92. The fourth-order valence-corrected chi connectivity index (χ4v) is 5.14. The summed E-state index contributed by atoms with van der Waals surface area (Å²) in [5, 5.41) is 0. The number of aryl methyl sites for hydroxylation is 1. The van der Waals surface area contributed by atoms with E-state index in [1.807, 2.05) is 36.1 Å². The van der Waals surface area contributed by atoms with Gasteiger partial charge in [0, 0.05) is 39.1 Å². The fraction of sp³-hybridized carbons (Fsp3) is 0.632. The van der Waals surface area contributed by atoms with Crippen molar-refractivity contribution in [1.29, 1.82) is 0 Å². The molecule has 6 nitrogen and oxygen atoms in total. The highest BCUT2D eigenvalue weighted by Gasteiger charge is 2.29. The van der Waals surface area contributed by atoms with Crippen molar-refractivity contribution in [3.8, 4) is 0 Å². The van der Waals surface area contributed by atoms with E-state index in [2.05, 4.69) is 4.90 Å². The highest BCUT2D eigenvalue weighted by Crippen LogP contribution is 2.15. The number of likely N-dealkylation sites (tertiary alicyclic amines) is 1. The van der Waals surface area contributed by atoms with Crippen LogP contribution in [-0.2, 0) is 20.6 Å². The summed E-state index contributed by atoms with van der Waals surface area (Å²) in [4.78, 5) is 16.5. The number of carbonyl (C=O) groups is 1. The molecule has 0 aromatic heterocycles. The Bertz CT molecular complexity index is 704. The minimum Gasteiger partial charge on any atom is -0.340 e. The second-order valence-electron chi connectivity index (χ2n) is 7.32. The molecule has 0 N–H and O–H groups in total. The average Bonchev–Trinajstić information content (AvgIpc) is 3.15. The lowest BCUT2D eigenvalue weighted by atomic mass is 10.2. The second kappa shape index (κ2) is 8.50. The first-order valence-corrected chi connectivity index (χ1v) is 11.1. The molecular weight excluding hydrogens is 350 g/mol. The predicted octanol–water partition coefficient (Wildman–Crippen LogP) is 1.45. The molecule has 0 spiro atoms. The van der Waals surface area contributed by atoms with Crippen LogP contribution in [0, 0.1) is 6.92 Å². The molecule has 0 saturated carbocycles. The summed E-state index contributed by atoms with van der Waals surface area (Å²) in [7, 11) is -3.34. The molecule has 0 aliphatic carbocycles. The molecule has 1 aromatic carbocycles. The molecule has 26 heavy (non-hydrogen) atoms. The molecule has 0 atom stereocenters. The number of hydrogen-bond donors (Lipinski definition) is 0. The first-order chi connectivity index (χ1) is 12.4. The van der Waals surface area contributed by atoms with Crippen LogP contribution in [0.4, 0.5) is 0 Å². The van der Waals surface area contributed by atoms with E-state index in [1.54, 1.807) is 0 Å². The molecule has 0 unspecified atom stereocenters. The first-order valence-electron chi connectivity index (χ1n) is 9.47. The largest absolute Gasteiger partial charge is 0.340 e. The molecule has 1 amide bonds. The van der Waals surface area contributed by atoms with Gasteiger partial charge in [0.15, 0.2) is 0 Å². The van der Waals surface area contributed by atoms with E-state index >= 15 is 0 Å². The summed E-state index contributed by atoms with van der Waals surface area (Å²) in [6.45, 7) is 6.77. The summed E-state index contributed by atoms with van der Waals surface area (Å²) >= 11 is 0. The monoisotopic (exact) mass is 379 g/mol. The number of hydrogen-bond acceptors (Lipinski definition) is 4. The van der Waals surface area contributed by atoms with E-state index in [0.29, 0.717) is 32.6 Å². The van der Waals surface area contributed by atoms with Crippen molar-refractivity contribution in [1.82, 2.24) is 14.1 Å². The van der Waals surface area contributed by atoms with Gasteiger partial charge in [-0.2, -0.15) is 4.31 Å². The lowest BCUT2D eigenvalue weighted by molar-refractivity contribution is -0.132. The molecule has 0 bridgehead atoms. The van der Waals surface area contributed by atoms with Crippen LogP contribution in [0.1, 0.15) is 30.4 Å². The molecule has 0 radical (unpaired) electrons. The molecule has 7 heteroatoms. The van der Waals surface area contributed by atoms with Crippen LogP contribution in [0.2, 0.25) is 0 Å². The maximum atomic E-state index is 12.6. The van der Waals surface area contributed by atoms with E-state index in [1.165, 1.54) is 17.1 Å². The van der Waals surface area contributed by atoms with Crippen molar-refractivity contribution in [3.05, 3.63) is 35.4 Å². The summed E-state index contributed by atoms with van der Waals surface area (Å²) in [5.74, 6) is 0.170. The van der Waals surface area contributed by atoms with Gasteiger partial charge in [0.2, 0.25) is 15.9 Å². The predicted molar refractivity (Wildman–Crippen MR) is 102 cm³/mol. The standard InChI is InChI=1S/C19H29N3O3S/c1-17-4-6-18(7-5-17)16-26(24,25)22-14-12-21(13-15-22)19(23)8-11-20-9-2-3-10-20/h4-7H,2-3,8-16H2,1H3. The number of benzene rings is 1. The first kappa shape index (κ1) is 19.3. The number of piperazine rings is 1. The van der Waals surface area contributed by atoms with Gasteiger partial charge in [-0.3, -0.25) is 4.79 Å². The van der Waals surface area contributed by atoms with Crippen LogP contribution in [0.15, 0.2) is 24.3 Å². The minimum absolute atomic E-state index is 0.0240. The molecule has 2 aliphatic heterocycles. The van der Waals surface area contributed by atoms with Crippen molar-refractivity contribution in [2.24, 2.45) is 0 Å². The Morgan fingerprint density at radius 2 is 1.58 bits per heavy atom. The number of amides is 1. The van der Waals surface area contributed by atoms with Gasteiger partial charge in [-0.25, -0.2) is 8.42 Å². The molecule has 3 rings (SSSR count). The number of sulfonamides is 1. The van der Waals surface area contributed by atoms with Gasteiger partial charge in [-0.05, 0) is 38.4 Å². The van der Waals surface area contributed by atoms with Gasteiger partial charge in [0.1, 0.15) is 0 Å². The third-order valence-corrected chi connectivity index (χ3v) is 7.15. The topological polar surface area (TPSA) is 60.9 Å². The number of rotatable bonds is 6. The van der Waals surface area contributed by atoms with Crippen LogP contribution in [0.3, 0.4) is 0 Å². The minimum atomic E-state index is -3.34. The summed E-state index contributed by atoms with van der Waals surface area (Å²) in [6.07, 6.45) is 2.99. The SMILES string of the molecule is Cc1ccc(CS(=O)(=O)N2CCN(C(=O)CCN3CCCC3)CC2)cc1. The lowest BCUT2D eigenvalue weighted by Gasteiger charge is -2.34. The highest BCUT2D eigenvalue weighted by atomic mass is 32.2. The molecule has 2 heterocycles. The van der Waals surface area contributed by atoms with Crippen LogP contribution >= 0.6 is 0 Å². The van der Waals surface area contributed by atoms with Crippen molar-refractivity contribution in [3.63, 3.8) is 0 Å². The van der Waals surface area contributed by atoms with E-state index in [0.717, 1.165) is 30.8 Å². The molecule has 144 valence electrons. The van der Waals surface area contributed by atoms with E-state index < -0.39 is 10.0 Å². The molecule has 2 aliphatic rings. The smallest absolute Gasteiger partial charge is 0.223 e. The van der Waals surface area contributed by atoms with Crippen LogP contribution in [0.5, 0.6) is 0 Å². The highest BCUT2D eigenvalue weighted by molar-refractivity contribution is 7.88. The lowest BCUT2D eigenvalue weighted by Crippen LogP contribution is -2.51. The third-order valence-electron chi connectivity index (χ3n) is 5.29. The Balaban J connectivity index is 1.47.